The molecule has 1 saturated carbocycles. The van der Waals surface area contributed by atoms with E-state index in [0.717, 1.165) is 16.5 Å². The lowest BCUT2D eigenvalue weighted by Crippen LogP contribution is -2.53. The average molecular weight is 796 g/mol. The highest BCUT2D eigenvalue weighted by Crippen LogP contribution is 2.65. The third kappa shape index (κ3) is 5.01. The van der Waals surface area contributed by atoms with Crippen LogP contribution in [0.25, 0.3) is 33.3 Å². The van der Waals surface area contributed by atoms with Crippen LogP contribution >= 0.6 is 11.6 Å². The van der Waals surface area contributed by atoms with Gasteiger partial charge in [0.1, 0.15) is 11.3 Å². The molecule has 59 heavy (non-hydrogen) atoms. The van der Waals surface area contributed by atoms with E-state index in [1.807, 2.05) is 97.1 Å². The Labute approximate surface area is 343 Å². The summed E-state index contributed by atoms with van der Waals surface area (Å²) in [6.07, 6.45) is 2.38. The van der Waals surface area contributed by atoms with Gasteiger partial charge in [0.2, 0.25) is 29.5 Å². The zero-order valence-electron chi connectivity index (χ0n) is 31.4. The van der Waals surface area contributed by atoms with Gasteiger partial charge in [-0.25, -0.2) is 9.88 Å². The topological polar surface area (TPSA) is 121 Å². The summed E-state index contributed by atoms with van der Waals surface area (Å²) in [6, 6.07) is 41.7. The molecule has 1 N–H and O–H groups in total. The number of allylic oxidation sites excluding steroid dienone is 2. The Morgan fingerprint density at radius 2 is 1.47 bits per heavy atom. The number of anilines is 2. The van der Waals surface area contributed by atoms with E-state index in [0.29, 0.717) is 49.9 Å². The monoisotopic (exact) mass is 795 g/mol. The number of oxazole rings is 1. The number of benzene rings is 6. The number of carbonyl (C=O) groups excluding carboxylic acids is 4. The predicted octanol–water partition coefficient (Wildman–Crippen LogP) is 9.37. The first-order chi connectivity index (χ1) is 28.8. The second-order valence-corrected chi connectivity index (χ2v) is 16.3. The van der Waals surface area contributed by atoms with Crippen LogP contribution in [0, 0.1) is 23.7 Å². The summed E-state index contributed by atoms with van der Waals surface area (Å²) in [7, 11) is 0. The summed E-state index contributed by atoms with van der Waals surface area (Å²) in [5, 5.41) is 14.0. The molecule has 4 aliphatic rings. The summed E-state index contributed by atoms with van der Waals surface area (Å²) >= 11 is 6.46. The van der Waals surface area contributed by atoms with Gasteiger partial charge in [-0.05, 0) is 84.3 Å². The third-order valence-corrected chi connectivity index (χ3v) is 13.3. The molecule has 2 aliphatic heterocycles. The number of para-hydroxylation sites is 2. The number of aromatic hydroxyl groups is 1. The Morgan fingerprint density at radius 3 is 2.27 bits per heavy atom. The van der Waals surface area contributed by atoms with Crippen molar-refractivity contribution >= 4 is 68.5 Å². The molecule has 3 heterocycles. The van der Waals surface area contributed by atoms with Crippen molar-refractivity contribution in [2.75, 3.05) is 9.80 Å². The lowest BCUT2D eigenvalue weighted by atomic mass is 9.49. The molecule has 0 bridgehead atoms. The summed E-state index contributed by atoms with van der Waals surface area (Å²) in [6.45, 7) is 0. The summed E-state index contributed by atoms with van der Waals surface area (Å²) < 4.78 is 5.96. The van der Waals surface area contributed by atoms with Crippen LogP contribution in [0.2, 0.25) is 5.02 Å². The molecule has 4 amide bonds. The van der Waals surface area contributed by atoms with Gasteiger partial charge in [-0.15, -0.1) is 0 Å². The molecule has 3 fully saturated rings. The van der Waals surface area contributed by atoms with Crippen molar-refractivity contribution in [3.63, 3.8) is 0 Å². The zero-order valence-corrected chi connectivity index (χ0v) is 32.1. The maximum atomic E-state index is 15.6. The Morgan fingerprint density at radius 1 is 0.712 bits per heavy atom. The Kier molecular flexibility index (Phi) is 7.84. The van der Waals surface area contributed by atoms with Gasteiger partial charge in [0, 0.05) is 27.5 Å². The van der Waals surface area contributed by atoms with Crippen LogP contribution in [-0.4, -0.2) is 33.7 Å². The number of phenolic OH excluding ortho intramolecular Hbond substituents is 1. The molecule has 6 unspecified atom stereocenters. The van der Waals surface area contributed by atoms with E-state index in [2.05, 4.69) is 4.98 Å². The van der Waals surface area contributed by atoms with Crippen LogP contribution in [0.5, 0.6) is 5.75 Å². The fourth-order valence-corrected chi connectivity index (χ4v) is 10.8. The Bertz CT molecular complexity index is 2930. The Hall–Kier alpha value is -6.84. The van der Waals surface area contributed by atoms with E-state index in [1.54, 1.807) is 48.5 Å². The molecule has 7 aromatic rings. The van der Waals surface area contributed by atoms with Crippen LogP contribution in [0.1, 0.15) is 29.9 Å². The quantitative estimate of drug-likeness (QED) is 0.136. The van der Waals surface area contributed by atoms with Gasteiger partial charge in [0.25, 0.3) is 0 Å². The Balaban J connectivity index is 1.06. The van der Waals surface area contributed by atoms with Crippen LogP contribution in [0.3, 0.4) is 0 Å². The number of rotatable bonds is 5. The van der Waals surface area contributed by atoms with Gasteiger partial charge in [0.05, 0.1) is 34.5 Å². The highest BCUT2D eigenvalue weighted by Gasteiger charge is 2.70. The summed E-state index contributed by atoms with van der Waals surface area (Å²) in [4.78, 5) is 67.1. The highest BCUT2D eigenvalue weighted by atomic mass is 35.5. The van der Waals surface area contributed by atoms with Gasteiger partial charge < -0.3 is 9.52 Å². The first kappa shape index (κ1) is 35.3. The van der Waals surface area contributed by atoms with Gasteiger partial charge in [-0.2, -0.15) is 0 Å². The lowest BCUT2D eigenvalue weighted by Gasteiger charge is -2.50. The number of imide groups is 2. The SMILES string of the molecule is O=C1C2CC=C3C(CC4C(=O)N(c5cccc(Cl)c5)C(=O)C4(c4ccccc4)C3c3ccc4ccccc4c3O)C2C(=O)N1c1ccc(-c2nc3ccccc3o2)cc1. The summed E-state index contributed by atoms with van der Waals surface area (Å²) in [5.41, 5.74) is 3.19. The first-order valence-corrected chi connectivity index (χ1v) is 20.1. The number of carbonyl (C=O) groups is 4. The van der Waals surface area contributed by atoms with Crippen molar-refractivity contribution in [2.45, 2.75) is 24.2 Å². The maximum absolute atomic E-state index is 15.6. The van der Waals surface area contributed by atoms with E-state index < -0.39 is 46.8 Å². The van der Waals surface area contributed by atoms with E-state index in [1.165, 1.54) is 9.80 Å². The molecular formula is C49H34ClN3O6. The molecular weight excluding hydrogens is 762 g/mol. The smallest absolute Gasteiger partial charge is 0.246 e. The molecule has 2 saturated heterocycles. The highest BCUT2D eigenvalue weighted by molar-refractivity contribution is 6.32. The number of fused-ring (bicyclic) bond motifs is 6. The van der Waals surface area contributed by atoms with E-state index >= 15 is 9.59 Å². The molecule has 288 valence electrons. The maximum Gasteiger partial charge on any atom is 0.246 e. The third-order valence-electron chi connectivity index (χ3n) is 13.1. The molecule has 1 aromatic heterocycles. The van der Waals surface area contributed by atoms with Gasteiger partial charge in [-0.1, -0.05) is 108 Å². The second kappa shape index (κ2) is 13.1. The molecule has 0 radical (unpaired) electrons. The normalized spacial score (nSPS) is 25.0. The molecule has 11 rings (SSSR count). The number of halogens is 1. The number of nitrogens with zero attached hydrogens (tertiary/aromatic N) is 3. The van der Waals surface area contributed by atoms with E-state index in [-0.39, 0.29) is 30.4 Å². The molecule has 6 atom stereocenters. The number of aromatic nitrogens is 1. The first-order valence-electron chi connectivity index (χ1n) is 19.7. The van der Waals surface area contributed by atoms with Crippen molar-refractivity contribution in [3.05, 3.63) is 167 Å². The van der Waals surface area contributed by atoms with Crippen LogP contribution in [0.15, 0.2) is 156 Å². The standard InChI is InChI=1S/C49H34ClN3O6/c50-30-12-8-13-32(25-30)53-46(56)38-26-37-34(42(49(38,48(53)58)29-10-2-1-3-11-29)36-22-19-27-9-4-5-14-33(27)43(36)54)23-24-35-41(37)47(57)52(45(35)55)31-20-17-28(18-21-31)44-51-39-15-6-7-16-40(39)59-44/h1-23,25,35,37-38,41-42,54H,24,26H2. The van der Waals surface area contributed by atoms with Crippen LogP contribution < -0.4 is 9.80 Å². The minimum absolute atomic E-state index is 0.00164. The van der Waals surface area contributed by atoms with E-state index in [4.69, 9.17) is 16.0 Å². The van der Waals surface area contributed by atoms with Crippen molar-refractivity contribution in [3.8, 4) is 17.2 Å². The average Bonchev–Trinajstić information content (AvgIpc) is 3.88. The van der Waals surface area contributed by atoms with Crippen molar-refractivity contribution < 1.29 is 28.7 Å². The molecule has 10 heteroatoms. The lowest BCUT2D eigenvalue weighted by molar-refractivity contribution is -0.127. The largest absolute Gasteiger partial charge is 0.507 e. The fourth-order valence-electron chi connectivity index (χ4n) is 10.6. The molecule has 9 nitrogen and oxygen atoms in total. The minimum Gasteiger partial charge on any atom is -0.507 e. The van der Waals surface area contributed by atoms with Gasteiger partial charge in [-0.3, -0.25) is 24.1 Å². The predicted molar refractivity (Wildman–Crippen MR) is 224 cm³/mol. The van der Waals surface area contributed by atoms with Crippen molar-refractivity contribution in [2.24, 2.45) is 23.7 Å². The fraction of sp³-hybridized carbons (Fsp3) is 0.163. The van der Waals surface area contributed by atoms with Crippen molar-refractivity contribution in [1.29, 1.82) is 0 Å². The number of hydrogen-bond acceptors (Lipinski definition) is 7. The molecule has 2 aliphatic carbocycles. The zero-order chi connectivity index (χ0) is 40.2. The number of amides is 4. The minimum atomic E-state index is -1.51. The van der Waals surface area contributed by atoms with Crippen molar-refractivity contribution in [1.82, 2.24) is 4.98 Å². The van der Waals surface area contributed by atoms with Crippen LogP contribution in [-0.2, 0) is 24.6 Å². The molecule has 6 aromatic carbocycles. The van der Waals surface area contributed by atoms with E-state index in [9.17, 15) is 14.7 Å². The van der Waals surface area contributed by atoms with Gasteiger partial charge >= 0.3 is 0 Å². The second-order valence-electron chi connectivity index (χ2n) is 15.9. The number of hydrogen-bond donors (Lipinski definition) is 1. The summed E-state index contributed by atoms with van der Waals surface area (Å²) in [5.74, 6) is -5.01. The van der Waals surface area contributed by atoms with Crippen LogP contribution in [0.4, 0.5) is 11.4 Å². The molecule has 0 spiro atoms. The van der Waals surface area contributed by atoms with Gasteiger partial charge in [0.15, 0.2) is 5.58 Å². The number of phenols is 1.